The highest BCUT2D eigenvalue weighted by Crippen LogP contribution is 2.37. The van der Waals surface area contributed by atoms with Crippen LogP contribution in [0.4, 0.5) is 15.9 Å². The lowest BCUT2D eigenvalue weighted by Gasteiger charge is -2.13. The summed E-state index contributed by atoms with van der Waals surface area (Å²) in [7, 11) is -2.66. The second-order valence-electron chi connectivity index (χ2n) is 6.94. The molecule has 0 saturated carbocycles. The number of oxime groups is 1. The lowest BCUT2D eigenvalue weighted by molar-refractivity contribution is 0.322. The fraction of sp³-hybridized carbons (Fsp3) is 0.0500. The molecule has 0 radical (unpaired) electrons. The number of fused-ring (bicyclic) bond motifs is 1. The molecule has 0 aliphatic rings. The van der Waals surface area contributed by atoms with Crippen LogP contribution in [0.5, 0.6) is 0 Å². The van der Waals surface area contributed by atoms with Gasteiger partial charge in [0.2, 0.25) is 0 Å². The van der Waals surface area contributed by atoms with E-state index < -0.39 is 20.7 Å². The smallest absolute Gasteiger partial charge is 0.263 e. The number of nitrogen functional groups attached to an aromatic ring is 1. The monoisotopic (exact) mass is 508 g/mol. The highest BCUT2D eigenvalue weighted by Gasteiger charge is 2.24. The Morgan fingerprint density at radius 3 is 2.73 bits per heavy atom. The summed E-state index contributed by atoms with van der Waals surface area (Å²) in [4.78, 5) is 7.71. The Balaban J connectivity index is 1.82. The lowest BCUT2D eigenvalue weighted by Crippen LogP contribution is -2.15. The molecular weight excluding hydrogens is 494 g/mol. The van der Waals surface area contributed by atoms with E-state index in [1.165, 1.54) is 30.6 Å². The van der Waals surface area contributed by atoms with Crippen LogP contribution >= 0.6 is 23.2 Å². The van der Waals surface area contributed by atoms with Gasteiger partial charge in [-0.15, -0.1) is 0 Å². The molecule has 0 atom stereocenters. The minimum atomic E-state index is -4.38. The van der Waals surface area contributed by atoms with Crippen LogP contribution in [0.1, 0.15) is 5.56 Å². The number of nitrogens with two attached hydrogens (primary N) is 1. The third-order valence-electron chi connectivity index (χ3n) is 4.83. The first kappa shape index (κ1) is 22.8. The first-order chi connectivity index (χ1) is 15.6. The first-order valence-electron chi connectivity index (χ1n) is 9.17. The molecule has 0 unspecified atom stereocenters. The van der Waals surface area contributed by atoms with Crippen molar-refractivity contribution in [2.45, 2.75) is 4.90 Å². The third kappa shape index (κ3) is 4.06. The van der Waals surface area contributed by atoms with Crippen molar-refractivity contribution in [3.8, 4) is 11.1 Å². The van der Waals surface area contributed by atoms with Crippen molar-refractivity contribution in [2.75, 3.05) is 10.5 Å². The molecule has 0 aliphatic heterocycles. The van der Waals surface area contributed by atoms with Crippen LogP contribution in [0.2, 0.25) is 10.0 Å². The Morgan fingerprint density at radius 1 is 1.24 bits per heavy atom. The van der Waals surface area contributed by atoms with Gasteiger partial charge in [0.15, 0.2) is 5.82 Å². The summed E-state index contributed by atoms with van der Waals surface area (Å²) in [5.74, 6) is -0.683. The highest BCUT2D eigenvalue weighted by molar-refractivity contribution is 7.92. The van der Waals surface area contributed by atoms with Crippen molar-refractivity contribution < 1.29 is 18.0 Å². The van der Waals surface area contributed by atoms with Gasteiger partial charge in [0.05, 0.1) is 22.3 Å². The molecule has 9 nitrogen and oxygen atoms in total. The lowest BCUT2D eigenvalue weighted by atomic mass is 10.0. The number of aryl methyl sites for hydroxylation is 1. The van der Waals surface area contributed by atoms with Gasteiger partial charge >= 0.3 is 0 Å². The molecule has 2 aromatic carbocycles. The van der Waals surface area contributed by atoms with Crippen molar-refractivity contribution in [2.24, 2.45) is 12.2 Å². The Morgan fingerprint density at radius 2 is 2.00 bits per heavy atom. The van der Waals surface area contributed by atoms with Gasteiger partial charge < -0.3 is 15.5 Å². The van der Waals surface area contributed by atoms with E-state index in [1.807, 2.05) is 0 Å². The average Bonchev–Trinajstić information content (AvgIpc) is 3.09. The zero-order chi connectivity index (χ0) is 23.9. The van der Waals surface area contributed by atoms with Gasteiger partial charge in [-0.05, 0) is 18.2 Å². The fourth-order valence-corrected chi connectivity index (χ4v) is 5.34. The number of halogens is 3. The third-order valence-corrected chi connectivity index (χ3v) is 6.98. The zero-order valence-electron chi connectivity index (χ0n) is 16.8. The van der Waals surface area contributed by atoms with Crippen LogP contribution in [-0.4, -0.2) is 34.4 Å². The maximum absolute atomic E-state index is 15.5. The minimum absolute atomic E-state index is 0.0233. The Bertz CT molecular complexity index is 1540. The average molecular weight is 509 g/mol. The number of rotatable bonds is 5. The van der Waals surface area contributed by atoms with Crippen LogP contribution in [0.15, 0.2) is 52.9 Å². The quantitative estimate of drug-likeness (QED) is 0.209. The molecule has 2 heterocycles. The number of anilines is 2. The van der Waals surface area contributed by atoms with Crippen molar-refractivity contribution in [3.63, 3.8) is 0 Å². The predicted octanol–water partition coefficient (Wildman–Crippen LogP) is 4.27. The van der Waals surface area contributed by atoms with Crippen molar-refractivity contribution in [1.82, 2.24) is 14.5 Å². The van der Waals surface area contributed by atoms with Gasteiger partial charge in [0, 0.05) is 35.0 Å². The fourth-order valence-electron chi connectivity index (χ4n) is 3.39. The van der Waals surface area contributed by atoms with E-state index in [9.17, 15) is 8.42 Å². The summed E-state index contributed by atoms with van der Waals surface area (Å²) in [5.41, 5.74) is 6.70. The maximum Gasteiger partial charge on any atom is 0.263 e. The normalized spacial score (nSPS) is 12.0. The molecule has 0 spiro atoms. The molecule has 33 heavy (non-hydrogen) atoms. The largest absolute Gasteiger partial charge is 0.411 e. The molecule has 2 aromatic heterocycles. The van der Waals surface area contributed by atoms with E-state index in [4.69, 9.17) is 34.1 Å². The van der Waals surface area contributed by atoms with Crippen LogP contribution in [-0.2, 0) is 17.1 Å². The van der Waals surface area contributed by atoms with E-state index in [0.717, 1.165) is 12.3 Å². The molecule has 0 aliphatic carbocycles. The van der Waals surface area contributed by atoms with Crippen molar-refractivity contribution >= 4 is 62.0 Å². The van der Waals surface area contributed by atoms with E-state index in [1.54, 1.807) is 17.8 Å². The second kappa shape index (κ2) is 8.50. The Kier molecular flexibility index (Phi) is 5.87. The number of hydrogen-bond acceptors (Lipinski definition) is 7. The standard InChI is InChI=1S/C20H15Cl2FN6O3S/c1-29-8-13(16-19(24)25-9-26-20(16)29)12-3-2-4-14(18(12)23)28-33(31,32)15-6-11(21)5-10(7-27-30)17(15)22/h2-9,28,30H,1H3,(H2,24,25,26)/b27-7-. The van der Waals surface area contributed by atoms with E-state index >= 15 is 4.39 Å². The van der Waals surface area contributed by atoms with Gasteiger partial charge in [0.1, 0.15) is 22.7 Å². The van der Waals surface area contributed by atoms with Gasteiger partial charge in [-0.3, -0.25) is 4.72 Å². The van der Waals surface area contributed by atoms with Gasteiger partial charge in [-0.25, -0.2) is 22.8 Å². The number of sulfonamides is 1. The molecule has 0 bridgehead atoms. The molecule has 170 valence electrons. The molecule has 0 saturated heterocycles. The van der Waals surface area contributed by atoms with Gasteiger partial charge in [0.25, 0.3) is 10.0 Å². The molecule has 0 amide bonds. The number of aromatic nitrogens is 3. The summed E-state index contributed by atoms with van der Waals surface area (Å²) in [6.45, 7) is 0. The topological polar surface area (TPSA) is 135 Å². The number of nitrogens with zero attached hydrogens (tertiary/aromatic N) is 4. The maximum atomic E-state index is 15.5. The van der Waals surface area contributed by atoms with Crippen molar-refractivity contribution in [3.05, 3.63) is 64.3 Å². The van der Waals surface area contributed by atoms with Gasteiger partial charge in [-0.2, -0.15) is 0 Å². The molecule has 4 N–H and O–H groups in total. The molecular formula is C20H15Cl2FN6O3S. The summed E-state index contributed by atoms with van der Waals surface area (Å²) >= 11 is 12.1. The van der Waals surface area contributed by atoms with Crippen molar-refractivity contribution in [1.29, 1.82) is 0 Å². The summed E-state index contributed by atoms with van der Waals surface area (Å²) in [6.07, 6.45) is 3.86. The van der Waals surface area contributed by atoms with Crippen LogP contribution in [0.3, 0.4) is 0 Å². The van der Waals surface area contributed by atoms with E-state index in [-0.39, 0.29) is 32.7 Å². The second-order valence-corrected chi connectivity index (χ2v) is 9.40. The van der Waals surface area contributed by atoms with Gasteiger partial charge in [-0.1, -0.05) is 40.5 Å². The van der Waals surface area contributed by atoms with Crippen LogP contribution in [0.25, 0.3) is 22.2 Å². The number of benzene rings is 2. The summed E-state index contributed by atoms with van der Waals surface area (Å²) in [6, 6.07) is 6.65. The molecule has 4 rings (SSSR count). The van der Waals surface area contributed by atoms with E-state index in [2.05, 4.69) is 19.8 Å². The highest BCUT2D eigenvalue weighted by atomic mass is 35.5. The minimum Gasteiger partial charge on any atom is -0.411 e. The summed E-state index contributed by atoms with van der Waals surface area (Å²) in [5, 5.41) is 11.8. The number of nitrogens with one attached hydrogen (secondary N) is 1. The SMILES string of the molecule is Cn1cc(-c2cccc(NS(=O)(=O)c3cc(Cl)cc(/C=N\O)c3Cl)c2F)c2c(N)ncnc21. The number of hydrogen-bond donors (Lipinski definition) is 3. The zero-order valence-corrected chi connectivity index (χ0v) is 19.1. The Hall–Kier alpha value is -3.41. The summed E-state index contributed by atoms with van der Waals surface area (Å²) < 4.78 is 45.4. The predicted molar refractivity (Wildman–Crippen MR) is 125 cm³/mol. The Labute approximate surface area is 197 Å². The molecule has 13 heteroatoms. The molecule has 4 aromatic rings. The van der Waals surface area contributed by atoms with Crippen LogP contribution < -0.4 is 10.5 Å². The first-order valence-corrected chi connectivity index (χ1v) is 11.4. The van der Waals surface area contributed by atoms with E-state index in [0.29, 0.717) is 16.6 Å². The molecule has 0 fully saturated rings. The van der Waals surface area contributed by atoms with Crippen LogP contribution in [0, 0.1) is 5.82 Å².